The van der Waals surface area contributed by atoms with Gasteiger partial charge in [0, 0.05) is 16.7 Å². The molecule has 0 aliphatic carbocycles. The number of halogens is 3. The second kappa shape index (κ2) is 6.37. The highest BCUT2D eigenvalue weighted by molar-refractivity contribution is 9.10. The molecule has 0 saturated heterocycles. The molecule has 2 aromatic rings. The Balaban J connectivity index is 2.38. The van der Waals surface area contributed by atoms with Gasteiger partial charge in [-0.2, -0.15) is 0 Å². The molecule has 20 heavy (non-hydrogen) atoms. The van der Waals surface area contributed by atoms with Gasteiger partial charge in [0.2, 0.25) is 0 Å². The van der Waals surface area contributed by atoms with E-state index in [1.54, 1.807) is 35.2 Å². The van der Waals surface area contributed by atoms with Crippen LogP contribution in [0.1, 0.15) is 17.3 Å². The van der Waals surface area contributed by atoms with Crippen LogP contribution in [0.15, 0.2) is 46.9 Å². The van der Waals surface area contributed by atoms with Gasteiger partial charge >= 0.3 is 0 Å². The maximum atomic E-state index is 13.0. The lowest BCUT2D eigenvalue weighted by Gasteiger charge is -2.21. The first-order valence-corrected chi connectivity index (χ1v) is 7.22. The molecular weight excluding hydrogens is 345 g/mol. The lowest BCUT2D eigenvalue weighted by Crippen LogP contribution is -2.30. The molecular formula is C15H12BrClFNO. The summed E-state index contributed by atoms with van der Waals surface area (Å²) in [6.07, 6.45) is 0. The molecule has 1 amide bonds. The van der Waals surface area contributed by atoms with Gasteiger partial charge in [-0.1, -0.05) is 27.5 Å². The van der Waals surface area contributed by atoms with Crippen LogP contribution >= 0.6 is 27.5 Å². The molecule has 0 N–H and O–H groups in total. The minimum Gasteiger partial charge on any atom is -0.309 e. The van der Waals surface area contributed by atoms with Gasteiger partial charge in [-0.25, -0.2) is 4.39 Å². The van der Waals surface area contributed by atoms with E-state index in [-0.39, 0.29) is 11.7 Å². The van der Waals surface area contributed by atoms with E-state index < -0.39 is 0 Å². The van der Waals surface area contributed by atoms with Crippen molar-refractivity contribution in [2.45, 2.75) is 6.92 Å². The lowest BCUT2D eigenvalue weighted by atomic mass is 10.1. The second-order valence-corrected chi connectivity index (χ2v) is 5.47. The topological polar surface area (TPSA) is 20.3 Å². The normalized spacial score (nSPS) is 10.4. The van der Waals surface area contributed by atoms with Crippen LogP contribution in [0.4, 0.5) is 10.1 Å². The van der Waals surface area contributed by atoms with Gasteiger partial charge in [0.15, 0.2) is 0 Å². The van der Waals surface area contributed by atoms with Gasteiger partial charge in [0.1, 0.15) is 5.82 Å². The summed E-state index contributed by atoms with van der Waals surface area (Å²) in [6.45, 7) is 2.32. The van der Waals surface area contributed by atoms with Crippen molar-refractivity contribution in [3.05, 3.63) is 63.3 Å². The number of nitrogens with zero attached hydrogens (tertiary/aromatic N) is 1. The Morgan fingerprint density at radius 1 is 1.25 bits per heavy atom. The van der Waals surface area contributed by atoms with Gasteiger partial charge in [0.25, 0.3) is 5.91 Å². The maximum Gasteiger partial charge on any atom is 0.259 e. The number of carbonyl (C=O) groups excluding carboxylic acids is 1. The third kappa shape index (κ3) is 3.19. The van der Waals surface area contributed by atoms with Crippen LogP contribution in [0.25, 0.3) is 0 Å². The van der Waals surface area contributed by atoms with Gasteiger partial charge < -0.3 is 4.90 Å². The maximum absolute atomic E-state index is 13.0. The quantitative estimate of drug-likeness (QED) is 0.765. The van der Waals surface area contributed by atoms with E-state index in [1.165, 1.54) is 12.1 Å². The molecule has 0 bridgehead atoms. The van der Waals surface area contributed by atoms with Gasteiger partial charge in [0.05, 0.1) is 10.6 Å². The zero-order chi connectivity index (χ0) is 14.7. The molecule has 0 unspecified atom stereocenters. The summed E-state index contributed by atoms with van der Waals surface area (Å²) < 4.78 is 13.7. The lowest BCUT2D eigenvalue weighted by molar-refractivity contribution is 0.0988. The summed E-state index contributed by atoms with van der Waals surface area (Å²) in [5, 5.41) is 0.388. The summed E-state index contributed by atoms with van der Waals surface area (Å²) in [5.74, 6) is -0.553. The molecule has 2 nitrogen and oxygen atoms in total. The molecule has 0 aliphatic heterocycles. The average Bonchev–Trinajstić information content (AvgIpc) is 2.44. The summed E-state index contributed by atoms with van der Waals surface area (Å²) in [5.41, 5.74) is 1.04. The second-order valence-electron chi connectivity index (χ2n) is 4.15. The van der Waals surface area contributed by atoms with Crippen molar-refractivity contribution < 1.29 is 9.18 Å². The Bertz CT molecular complexity index is 630. The molecule has 5 heteroatoms. The Morgan fingerprint density at radius 3 is 2.50 bits per heavy atom. The zero-order valence-electron chi connectivity index (χ0n) is 10.7. The molecule has 0 fully saturated rings. The average molecular weight is 357 g/mol. The Hall–Kier alpha value is -1.39. The highest BCUT2D eigenvalue weighted by Crippen LogP contribution is 2.25. The first kappa shape index (κ1) is 15.0. The first-order valence-electron chi connectivity index (χ1n) is 6.05. The molecule has 0 heterocycles. The van der Waals surface area contributed by atoms with Crippen LogP contribution in [0.2, 0.25) is 5.02 Å². The fraction of sp³-hybridized carbons (Fsp3) is 0.133. The number of benzene rings is 2. The number of anilines is 1. The molecule has 0 atom stereocenters. The number of hydrogen-bond acceptors (Lipinski definition) is 1. The third-order valence-corrected chi connectivity index (χ3v) is 3.68. The van der Waals surface area contributed by atoms with Crippen LogP contribution < -0.4 is 4.90 Å². The van der Waals surface area contributed by atoms with Crippen molar-refractivity contribution >= 4 is 39.1 Å². The van der Waals surface area contributed by atoms with Crippen LogP contribution in [0.5, 0.6) is 0 Å². The Morgan fingerprint density at radius 2 is 1.90 bits per heavy atom. The fourth-order valence-corrected chi connectivity index (χ4v) is 2.43. The monoisotopic (exact) mass is 355 g/mol. The van der Waals surface area contributed by atoms with E-state index in [0.717, 1.165) is 4.47 Å². The van der Waals surface area contributed by atoms with E-state index in [2.05, 4.69) is 15.9 Å². The zero-order valence-corrected chi connectivity index (χ0v) is 13.1. The van der Waals surface area contributed by atoms with Crippen molar-refractivity contribution in [1.82, 2.24) is 0 Å². The van der Waals surface area contributed by atoms with Crippen molar-refractivity contribution in [3.63, 3.8) is 0 Å². The number of amides is 1. The number of hydrogen-bond donors (Lipinski definition) is 0. The highest BCUT2D eigenvalue weighted by atomic mass is 79.9. The summed E-state index contributed by atoms with van der Waals surface area (Å²) >= 11 is 9.40. The molecule has 0 aromatic heterocycles. The first-order chi connectivity index (χ1) is 9.52. The third-order valence-electron chi connectivity index (χ3n) is 2.86. The van der Waals surface area contributed by atoms with Crippen molar-refractivity contribution in [3.8, 4) is 0 Å². The van der Waals surface area contributed by atoms with Crippen LogP contribution in [-0.2, 0) is 0 Å². The Kier molecular flexibility index (Phi) is 4.78. The minimum atomic E-state index is -0.335. The van der Waals surface area contributed by atoms with Crippen LogP contribution in [0, 0.1) is 5.82 Å². The number of rotatable bonds is 3. The Labute approximate surface area is 130 Å². The largest absolute Gasteiger partial charge is 0.309 e. The summed E-state index contributed by atoms with van der Waals surface area (Å²) in [7, 11) is 0. The molecule has 104 valence electrons. The van der Waals surface area contributed by atoms with Gasteiger partial charge in [-0.3, -0.25) is 4.79 Å². The van der Waals surface area contributed by atoms with E-state index >= 15 is 0 Å². The van der Waals surface area contributed by atoms with Gasteiger partial charge in [-0.05, 0) is 49.4 Å². The molecule has 0 aliphatic rings. The van der Waals surface area contributed by atoms with E-state index in [1.807, 2.05) is 6.92 Å². The van der Waals surface area contributed by atoms with E-state index in [9.17, 15) is 9.18 Å². The minimum absolute atomic E-state index is 0.217. The van der Waals surface area contributed by atoms with Crippen molar-refractivity contribution in [2.24, 2.45) is 0 Å². The molecule has 0 radical (unpaired) electrons. The predicted molar refractivity (Wildman–Crippen MR) is 82.9 cm³/mol. The smallest absolute Gasteiger partial charge is 0.259 e. The summed E-state index contributed by atoms with van der Waals surface area (Å²) in [6, 6.07) is 10.9. The highest BCUT2D eigenvalue weighted by Gasteiger charge is 2.19. The van der Waals surface area contributed by atoms with Gasteiger partial charge in [-0.15, -0.1) is 0 Å². The summed E-state index contributed by atoms with van der Waals surface area (Å²) in [4.78, 5) is 14.1. The SMILES string of the molecule is CCN(C(=O)c1cc(Br)ccc1Cl)c1ccc(F)cc1. The fourth-order valence-electron chi connectivity index (χ4n) is 1.87. The van der Waals surface area contributed by atoms with Crippen LogP contribution in [0.3, 0.4) is 0 Å². The van der Waals surface area contributed by atoms with E-state index in [4.69, 9.17) is 11.6 Å². The number of carbonyl (C=O) groups is 1. The van der Waals surface area contributed by atoms with Crippen molar-refractivity contribution in [1.29, 1.82) is 0 Å². The molecule has 2 rings (SSSR count). The predicted octanol–water partition coefficient (Wildman–Crippen LogP) is 4.91. The molecule has 0 saturated carbocycles. The van der Waals surface area contributed by atoms with Crippen molar-refractivity contribution in [2.75, 3.05) is 11.4 Å². The van der Waals surface area contributed by atoms with Crippen LogP contribution in [-0.4, -0.2) is 12.5 Å². The standard InChI is InChI=1S/C15H12BrClFNO/c1-2-19(12-6-4-11(18)5-7-12)15(20)13-9-10(16)3-8-14(13)17/h3-9H,2H2,1H3. The molecule has 0 spiro atoms. The van der Waals surface area contributed by atoms with E-state index in [0.29, 0.717) is 22.8 Å². The molecule has 2 aromatic carbocycles.